The van der Waals surface area contributed by atoms with Gasteiger partial charge in [-0.1, -0.05) is 38.0 Å². The van der Waals surface area contributed by atoms with Gasteiger partial charge in [-0.15, -0.1) is 22.2 Å². The summed E-state index contributed by atoms with van der Waals surface area (Å²) in [5.41, 5.74) is 1.99. The van der Waals surface area contributed by atoms with Crippen molar-refractivity contribution >= 4 is 28.9 Å². The largest absolute Gasteiger partial charge is 0.270 e. The highest BCUT2D eigenvalue weighted by Crippen LogP contribution is 2.15. The molecule has 0 aliphatic heterocycles. The van der Waals surface area contributed by atoms with Crippen LogP contribution in [0.2, 0.25) is 6.55 Å². The van der Waals surface area contributed by atoms with E-state index < -0.39 is 6.69 Å². The molecule has 0 aliphatic rings. The third-order valence-electron chi connectivity index (χ3n) is 1.63. The van der Waals surface area contributed by atoms with Crippen molar-refractivity contribution in [3.8, 4) is 0 Å². The van der Waals surface area contributed by atoms with E-state index >= 15 is 0 Å². The van der Waals surface area contributed by atoms with Gasteiger partial charge in [0.2, 0.25) is 0 Å². The first-order valence-electron chi connectivity index (χ1n) is 4.62. The van der Waals surface area contributed by atoms with Gasteiger partial charge in [-0.3, -0.25) is 0 Å². The van der Waals surface area contributed by atoms with E-state index in [2.05, 4.69) is 13.0 Å². The first kappa shape index (κ1) is 12.5. The second-order valence-electron chi connectivity index (χ2n) is 3.21. The minimum atomic E-state index is -1.96. The van der Waals surface area contributed by atoms with E-state index in [1.165, 1.54) is 25.7 Å². The zero-order chi connectivity index (χ0) is 9.45. The van der Waals surface area contributed by atoms with Crippen molar-refractivity contribution in [2.75, 3.05) is 0 Å². The summed E-state index contributed by atoms with van der Waals surface area (Å²) in [6, 6.07) is 0. The van der Waals surface area contributed by atoms with Crippen LogP contribution in [0.15, 0.2) is 11.8 Å². The molecule has 0 N–H and O–H groups in total. The summed E-state index contributed by atoms with van der Waals surface area (Å²) >= 11 is 11.8. The molecule has 0 bridgehead atoms. The van der Waals surface area contributed by atoms with Crippen molar-refractivity contribution < 1.29 is 0 Å². The van der Waals surface area contributed by atoms with Crippen LogP contribution in [0.4, 0.5) is 0 Å². The van der Waals surface area contributed by atoms with Crippen LogP contribution in [0.5, 0.6) is 0 Å². The molecule has 0 saturated carbocycles. The van der Waals surface area contributed by atoms with Crippen LogP contribution in [0.1, 0.15) is 39.0 Å². The number of hydrogen-bond donors (Lipinski definition) is 0. The van der Waals surface area contributed by atoms with E-state index in [4.69, 9.17) is 22.2 Å². The molecule has 0 fully saturated rings. The van der Waals surface area contributed by atoms with Gasteiger partial charge in [0.05, 0.1) is 0 Å². The third kappa shape index (κ3) is 10.5. The summed E-state index contributed by atoms with van der Waals surface area (Å²) < 4.78 is 0. The Hall–Kier alpha value is 0.537. The maximum atomic E-state index is 5.89. The van der Waals surface area contributed by atoms with Gasteiger partial charge in [-0.05, 0) is 19.4 Å². The maximum absolute atomic E-state index is 5.89. The Labute approximate surface area is 86.4 Å². The molecule has 12 heavy (non-hydrogen) atoms. The Balaban J connectivity index is 3.25. The number of rotatable bonds is 6. The fraction of sp³-hybridized carbons (Fsp3) is 0.778. The summed E-state index contributed by atoms with van der Waals surface area (Å²) in [6.45, 7) is 2.17. The van der Waals surface area contributed by atoms with Crippen LogP contribution in [0.3, 0.4) is 0 Å². The highest BCUT2D eigenvalue weighted by Gasteiger charge is 2.14. The van der Waals surface area contributed by atoms with E-state index in [-0.39, 0.29) is 0 Å². The Bertz CT molecular complexity index is 127. The molecule has 0 aromatic carbocycles. The molecule has 0 rings (SSSR count). The fourth-order valence-corrected chi connectivity index (χ4v) is 2.09. The number of allylic oxidation sites excluding steroid dienone is 1. The summed E-state index contributed by atoms with van der Waals surface area (Å²) in [7, 11) is 0. The highest BCUT2D eigenvalue weighted by atomic mass is 35.7. The van der Waals surface area contributed by atoms with E-state index in [0.717, 1.165) is 6.42 Å². The lowest BCUT2D eigenvalue weighted by Gasteiger charge is -2.01. The summed E-state index contributed by atoms with van der Waals surface area (Å²) in [5.74, 6) is 0. The Kier molecular flexibility index (Phi) is 7.30. The zero-order valence-electron chi connectivity index (χ0n) is 7.95. The van der Waals surface area contributed by atoms with Crippen LogP contribution >= 0.6 is 22.2 Å². The van der Waals surface area contributed by atoms with Crippen LogP contribution in [0.25, 0.3) is 0 Å². The molecule has 0 radical (unpaired) electrons. The normalized spacial score (nSPS) is 12.7. The van der Waals surface area contributed by atoms with Gasteiger partial charge in [0.1, 0.15) is 0 Å². The standard InChI is InChI=1S/C9H18Cl2Si/c1-3-4-5-6-7-8-9-12(2,10)11/h8-9H,3-7H2,1-2H3/b9-8-. The summed E-state index contributed by atoms with van der Waals surface area (Å²) in [4.78, 5) is 0. The predicted molar refractivity (Wildman–Crippen MR) is 61.2 cm³/mol. The second kappa shape index (κ2) is 6.99. The first-order chi connectivity index (χ1) is 5.56. The van der Waals surface area contributed by atoms with Gasteiger partial charge in [0.15, 0.2) is 0 Å². The molecule has 3 heteroatoms. The molecular weight excluding hydrogens is 207 g/mol. The molecule has 0 spiro atoms. The predicted octanol–water partition coefficient (Wildman–Crippen LogP) is 4.60. The average molecular weight is 225 g/mol. The monoisotopic (exact) mass is 224 g/mol. The average Bonchev–Trinajstić information content (AvgIpc) is 1.94. The van der Waals surface area contributed by atoms with Crippen molar-refractivity contribution in [2.24, 2.45) is 0 Å². The lowest BCUT2D eigenvalue weighted by molar-refractivity contribution is 0.674. The number of unbranched alkanes of at least 4 members (excludes halogenated alkanes) is 4. The number of hydrogen-bond acceptors (Lipinski definition) is 0. The van der Waals surface area contributed by atoms with Crippen LogP contribution in [-0.4, -0.2) is 6.69 Å². The SMILES string of the molecule is CCCCCC/C=C\[Si](C)(Cl)Cl. The minimum absolute atomic E-state index is 1.13. The molecule has 0 heterocycles. The molecular formula is C9H18Cl2Si. The van der Waals surface area contributed by atoms with Gasteiger partial charge >= 0.3 is 0 Å². The van der Waals surface area contributed by atoms with Crippen molar-refractivity contribution in [1.82, 2.24) is 0 Å². The molecule has 0 amide bonds. The third-order valence-corrected chi connectivity index (χ3v) is 3.21. The summed E-state index contributed by atoms with van der Waals surface area (Å²) in [5, 5.41) is 0. The van der Waals surface area contributed by atoms with Crippen LogP contribution in [-0.2, 0) is 0 Å². The van der Waals surface area contributed by atoms with E-state index in [1.807, 2.05) is 12.2 Å². The Morgan fingerprint density at radius 1 is 1.17 bits per heavy atom. The van der Waals surface area contributed by atoms with Gasteiger partial charge < -0.3 is 0 Å². The lowest BCUT2D eigenvalue weighted by Crippen LogP contribution is -2.07. The van der Waals surface area contributed by atoms with Gasteiger partial charge in [-0.25, -0.2) is 0 Å². The molecule has 0 atom stereocenters. The fourth-order valence-electron chi connectivity index (χ4n) is 0.979. The molecule has 0 unspecified atom stereocenters. The highest BCUT2D eigenvalue weighted by molar-refractivity contribution is 7.47. The smallest absolute Gasteiger partial charge is 0.141 e. The van der Waals surface area contributed by atoms with Crippen LogP contribution < -0.4 is 0 Å². The van der Waals surface area contributed by atoms with Gasteiger partial charge in [0.25, 0.3) is 6.69 Å². The Morgan fingerprint density at radius 3 is 2.33 bits per heavy atom. The zero-order valence-corrected chi connectivity index (χ0v) is 10.5. The maximum Gasteiger partial charge on any atom is 0.270 e. The van der Waals surface area contributed by atoms with Crippen molar-refractivity contribution in [1.29, 1.82) is 0 Å². The first-order valence-corrected chi connectivity index (χ1v) is 9.22. The topological polar surface area (TPSA) is 0 Å². The van der Waals surface area contributed by atoms with Gasteiger partial charge in [0, 0.05) is 0 Å². The molecule has 0 aromatic heterocycles. The molecule has 0 nitrogen and oxygen atoms in total. The van der Waals surface area contributed by atoms with Crippen LogP contribution in [0, 0.1) is 0 Å². The van der Waals surface area contributed by atoms with Gasteiger partial charge in [-0.2, -0.15) is 0 Å². The molecule has 0 saturated heterocycles. The molecule has 0 aromatic rings. The van der Waals surface area contributed by atoms with Crippen molar-refractivity contribution in [3.05, 3.63) is 11.8 Å². The van der Waals surface area contributed by atoms with Crippen molar-refractivity contribution in [3.63, 3.8) is 0 Å². The quantitative estimate of drug-likeness (QED) is 0.352. The van der Waals surface area contributed by atoms with E-state index in [1.54, 1.807) is 0 Å². The summed E-state index contributed by atoms with van der Waals surface area (Å²) in [6.07, 6.45) is 8.47. The number of halogens is 2. The second-order valence-corrected chi connectivity index (χ2v) is 10.7. The molecule has 0 aliphatic carbocycles. The Morgan fingerprint density at radius 2 is 1.83 bits per heavy atom. The minimum Gasteiger partial charge on any atom is -0.141 e. The lowest BCUT2D eigenvalue weighted by atomic mass is 10.2. The molecule has 72 valence electrons. The van der Waals surface area contributed by atoms with E-state index in [0.29, 0.717) is 0 Å². The van der Waals surface area contributed by atoms with Crippen molar-refractivity contribution in [2.45, 2.75) is 45.6 Å². The van der Waals surface area contributed by atoms with E-state index in [9.17, 15) is 0 Å².